The molecule has 10 aromatic carbocycles. The molecular formula is C100H129N3O7. The third-order valence-corrected chi connectivity index (χ3v) is 20.8. The Balaban J connectivity index is 0.000000285. The average Bonchev–Trinajstić information content (AvgIpc) is 0.831. The van der Waals surface area contributed by atoms with E-state index in [0.29, 0.717) is 31.0 Å². The Bertz CT molecular complexity index is 4080. The summed E-state index contributed by atoms with van der Waals surface area (Å²) in [5.41, 5.74) is 14.7. The largest absolute Gasteiger partial charge is 0.508 e. The number of phenolic OH excluding ortho intramolecular Hbond substituents is 2. The van der Waals surface area contributed by atoms with Crippen LogP contribution in [0.15, 0.2) is 261 Å². The molecule has 0 aliphatic rings. The standard InChI is InChI=1S/C61H78N2O4.C24H35NO.C15H16O2/c1-43(2)57(51-21-17-15-18-22-51)62(59(7,8)9)66-45(5)49-29-25-47(26-30-49)41-64-55-37-33-53(34-38-55)61(13,14)54-35-39-56(40-36-54)65-42-48-27-31-50(32-28-48)46(6)67-63(60(10,11)12)58(44(3)4)52-23-19-16-20-24-52;1-8-20-14-16-21(17-15-20)19(4)26-25(24(5,6)7)23(18(2)3)22-12-10-9-11-13-22;1-15(2,11-3-7-13(16)8-4-11)12-5-9-14(17)10-6-12/h15-40,43-46,57-58H,41-42H2,1-14H3;9-19,23H,8H2,1-7H3;3-10,16-17H,1-2H3. The van der Waals surface area contributed by atoms with Crippen LogP contribution < -0.4 is 9.47 Å². The van der Waals surface area contributed by atoms with Crippen molar-refractivity contribution < 1.29 is 34.2 Å². The highest BCUT2D eigenvalue weighted by molar-refractivity contribution is 5.44. The minimum atomic E-state index is -0.210. The number of ether oxygens (including phenoxy) is 2. The molecule has 0 aliphatic heterocycles. The van der Waals surface area contributed by atoms with E-state index in [9.17, 15) is 10.2 Å². The van der Waals surface area contributed by atoms with Gasteiger partial charge in [0.2, 0.25) is 0 Å². The van der Waals surface area contributed by atoms with E-state index in [4.69, 9.17) is 24.0 Å². The van der Waals surface area contributed by atoms with Crippen LogP contribution in [0.25, 0.3) is 0 Å². The van der Waals surface area contributed by atoms with Gasteiger partial charge in [-0.05, 0) is 228 Å². The number of hydrogen-bond donors (Lipinski definition) is 2. The summed E-state index contributed by atoms with van der Waals surface area (Å²) in [7, 11) is 0. The molecule has 110 heavy (non-hydrogen) atoms. The zero-order valence-corrected chi connectivity index (χ0v) is 70.4. The summed E-state index contributed by atoms with van der Waals surface area (Å²) >= 11 is 0. The summed E-state index contributed by atoms with van der Waals surface area (Å²) in [5, 5.41) is 25.2. The predicted molar refractivity (Wildman–Crippen MR) is 456 cm³/mol. The lowest BCUT2D eigenvalue weighted by molar-refractivity contribution is -0.272. The fourth-order valence-corrected chi connectivity index (χ4v) is 14.1. The minimum Gasteiger partial charge on any atom is -0.508 e. The van der Waals surface area contributed by atoms with Gasteiger partial charge < -0.3 is 19.7 Å². The summed E-state index contributed by atoms with van der Waals surface area (Å²) in [6, 6.07) is 89.9. The first-order chi connectivity index (χ1) is 51.9. The van der Waals surface area contributed by atoms with Gasteiger partial charge in [-0.15, -0.1) is 0 Å². The highest BCUT2D eigenvalue weighted by Crippen LogP contribution is 2.42. The van der Waals surface area contributed by atoms with Crippen LogP contribution in [0, 0.1) is 17.8 Å². The number of aryl methyl sites for hydroxylation is 1. The van der Waals surface area contributed by atoms with Crippen molar-refractivity contribution in [3.63, 3.8) is 0 Å². The first-order valence-electron chi connectivity index (χ1n) is 39.8. The quantitative estimate of drug-likeness (QED) is 0.0441. The molecule has 586 valence electrons. The van der Waals surface area contributed by atoms with Crippen LogP contribution >= 0.6 is 0 Å². The molecule has 2 N–H and O–H groups in total. The highest BCUT2D eigenvalue weighted by atomic mass is 16.7. The molecule has 10 rings (SSSR count). The van der Waals surface area contributed by atoms with Gasteiger partial charge in [-0.2, -0.15) is 15.2 Å². The second-order valence-corrected chi connectivity index (χ2v) is 34.6. The molecule has 0 fully saturated rings. The van der Waals surface area contributed by atoms with Gasteiger partial charge >= 0.3 is 0 Å². The van der Waals surface area contributed by atoms with Crippen LogP contribution in [0.4, 0.5) is 0 Å². The van der Waals surface area contributed by atoms with Gasteiger partial charge in [0.15, 0.2) is 0 Å². The molecule has 0 amide bonds. The minimum absolute atomic E-state index is 0.00472. The van der Waals surface area contributed by atoms with Crippen LogP contribution in [0.2, 0.25) is 0 Å². The number of rotatable bonds is 29. The number of aromatic hydroxyl groups is 2. The maximum absolute atomic E-state index is 9.30. The van der Waals surface area contributed by atoms with Crippen molar-refractivity contribution in [2.75, 3.05) is 0 Å². The summed E-state index contributed by atoms with van der Waals surface area (Å²) in [4.78, 5) is 20.2. The van der Waals surface area contributed by atoms with Gasteiger partial charge in [-0.1, -0.05) is 288 Å². The van der Waals surface area contributed by atoms with Gasteiger partial charge in [0.25, 0.3) is 0 Å². The van der Waals surface area contributed by atoms with Gasteiger partial charge in [0, 0.05) is 27.4 Å². The number of hydroxylamine groups is 6. The highest BCUT2D eigenvalue weighted by Gasteiger charge is 2.38. The number of hydrogen-bond acceptors (Lipinski definition) is 10. The van der Waals surface area contributed by atoms with Crippen molar-refractivity contribution in [3.8, 4) is 23.0 Å². The summed E-state index contributed by atoms with van der Waals surface area (Å²) < 4.78 is 12.5. The van der Waals surface area contributed by atoms with Crippen molar-refractivity contribution in [1.29, 1.82) is 0 Å². The van der Waals surface area contributed by atoms with Gasteiger partial charge in [0.1, 0.15) is 54.5 Å². The molecular weight excluding hydrogens is 1360 g/mol. The molecule has 0 aromatic heterocycles. The molecule has 6 atom stereocenters. The van der Waals surface area contributed by atoms with E-state index >= 15 is 0 Å². The number of nitrogens with zero attached hydrogens (tertiary/aromatic N) is 3. The Morgan fingerprint density at radius 2 is 0.500 bits per heavy atom. The maximum Gasteiger partial charge on any atom is 0.119 e. The molecule has 0 aliphatic carbocycles. The van der Waals surface area contributed by atoms with Gasteiger partial charge in [0.05, 0.1) is 18.1 Å². The molecule has 10 heteroatoms. The Morgan fingerprint density at radius 3 is 0.718 bits per heavy atom. The number of benzene rings is 10. The lowest BCUT2D eigenvalue weighted by Gasteiger charge is -2.44. The Hall–Kier alpha value is -8.84. The molecule has 0 saturated carbocycles. The Labute approximate surface area is 662 Å². The van der Waals surface area contributed by atoms with Crippen LogP contribution in [-0.4, -0.2) is 42.0 Å². The van der Waals surface area contributed by atoms with Crippen LogP contribution in [0.3, 0.4) is 0 Å². The van der Waals surface area contributed by atoms with Crippen molar-refractivity contribution in [2.24, 2.45) is 17.8 Å². The lowest BCUT2D eigenvalue weighted by atomic mass is 9.78. The van der Waals surface area contributed by atoms with Crippen molar-refractivity contribution in [3.05, 3.63) is 333 Å². The van der Waals surface area contributed by atoms with E-state index in [1.54, 1.807) is 24.3 Å². The normalized spacial score (nSPS) is 14.0. The molecule has 0 radical (unpaired) electrons. The zero-order chi connectivity index (χ0) is 80.3. The van der Waals surface area contributed by atoms with Crippen molar-refractivity contribution in [1.82, 2.24) is 15.2 Å². The molecule has 10 aromatic rings. The fourth-order valence-electron chi connectivity index (χ4n) is 14.1. The third-order valence-electron chi connectivity index (χ3n) is 20.8. The topological polar surface area (TPSA) is 96.3 Å². The zero-order valence-electron chi connectivity index (χ0n) is 70.4. The molecule has 10 nitrogen and oxygen atoms in total. The summed E-state index contributed by atoms with van der Waals surface area (Å²) in [6.07, 6.45) is 0.832. The van der Waals surface area contributed by atoms with E-state index in [-0.39, 0.29) is 75.4 Å². The van der Waals surface area contributed by atoms with Crippen LogP contribution in [0.5, 0.6) is 23.0 Å². The fraction of sp³-hybridized carbons (Fsp3) is 0.400. The second kappa shape index (κ2) is 38.9. The Morgan fingerprint density at radius 1 is 0.273 bits per heavy atom. The summed E-state index contributed by atoms with van der Waals surface area (Å²) in [6.45, 7) is 51.8. The second-order valence-electron chi connectivity index (χ2n) is 34.6. The van der Waals surface area contributed by atoms with Crippen LogP contribution in [-0.2, 0) is 45.0 Å². The first kappa shape index (κ1) is 86.7. The van der Waals surface area contributed by atoms with E-state index in [0.717, 1.165) is 51.3 Å². The first-order valence-corrected chi connectivity index (χ1v) is 39.8. The third kappa shape index (κ3) is 24.1. The molecule has 0 spiro atoms. The summed E-state index contributed by atoms with van der Waals surface area (Å²) in [5.74, 6) is 3.41. The van der Waals surface area contributed by atoms with E-state index in [2.05, 4.69) is 387 Å². The number of phenols is 2. The van der Waals surface area contributed by atoms with Crippen molar-refractivity contribution in [2.45, 2.75) is 243 Å². The van der Waals surface area contributed by atoms with E-state index in [1.807, 2.05) is 24.3 Å². The van der Waals surface area contributed by atoms with E-state index < -0.39 is 0 Å². The van der Waals surface area contributed by atoms with Gasteiger partial charge in [-0.25, -0.2) is 0 Å². The predicted octanol–water partition coefficient (Wildman–Crippen LogP) is 26.3. The molecule has 6 unspecified atom stereocenters. The molecule has 0 bridgehead atoms. The smallest absolute Gasteiger partial charge is 0.119 e. The monoisotopic (exact) mass is 1480 g/mol. The van der Waals surface area contributed by atoms with E-state index in [1.165, 1.54) is 38.9 Å². The molecule has 0 saturated heterocycles. The maximum atomic E-state index is 9.30. The average molecular weight is 1490 g/mol. The van der Waals surface area contributed by atoms with Crippen molar-refractivity contribution >= 4 is 0 Å². The Kier molecular flexibility index (Phi) is 30.7. The van der Waals surface area contributed by atoms with Crippen LogP contribution in [0.1, 0.15) is 268 Å². The lowest BCUT2D eigenvalue weighted by Crippen LogP contribution is -2.46. The SMILES string of the molecule is CC(C)(c1ccc(O)cc1)c1ccc(O)cc1.CC(ON(C(c1ccccc1)C(C)C)C(C)(C)C)c1ccc(COc2ccc(C(C)(C)c3ccc(OCc4ccc(C(C)ON(C(c5ccccc5)C(C)C)C(C)(C)C)cc4)cc3)cc2)cc1.CCc1ccc(C(C)ON(C(c2ccccc2)C(C)C)C(C)(C)C)cc1. The van der Waals surface area contributed by atoms with Gasteiger partial charge in [-0.3, -0.25) is 14.5 Å². The molecule has 0 heterocycles.